The van der Waals surface area contributed by atoms with Gasteiger partial charge in [-0.3, -0.25) is 4.90 Å². The summed E-state index contributed by atoms with van der Waals surface area (Å²) in [6.45, 7) is 6.53. The number of hydrogen-bond acceptors (Lipinski definition) is 7. The van der Waals surface area contributed by atoms with Crippen LogP contribution in [0.25, 0.3) is 33.2 Å². The van der Waals surface area contributed by atoms with Gasteiger partial charge in [0.2, 0.25) is 5.95 Å². The topological polar surface area (TPSA) is 93.1 Å². The first-order chi connectivity index (χ1) is 20.4. The van der Waals surface area contributed by atoms with Crippen molar-refractivity contribution in [1.29, 1.82) is 0 Å². The number of aryl methyl sites for hydroxylation is 2. The number of anilines is 3. The molecule has 9 nitrogen and oxygen atoms in total. The Kier molecular flexibility index (Phi) is 6.82. The largest absolute Gasteiger partial charge is 0.383 e. The highest BCUT2D eigenvalue weighted by Crippen LogP contribution is 2.39. The minimum absolute atomic E-state index is 0.271. The summed E-state index contributed by atoms with van der Waals surface area (Å²) in [5, 5.41) is 4.25. The van der Waals surface area contributed by atoms with E-state index in [9.17, 15) is 4.39 Å². The van der Waals surface area contributed by atoms with Crippen LogP contribution in [0.2, 0.25) is 0 Å². The summed E-state index contributed by atoms with van der Waals surface area (Å²) >= 11 is 0. The number of benzene rings is 2. The molecule has 3 N–H and O–H groups in total. The summed E-state index contributed by atoms with van der Waals surface area (Å²) in [4.78, 5) is 18.8. The zero-order valence-corrected chi connectivity index (χ0v) is 24.5. The third kappa shape index (κ3) is 4.78. The number of imidazole rings is 1. The fraction of sp³-hybridized carbons (Fsp3) is 0.406. The molecule has 42 heavy (non-hydrogen) atoms. The number of nitrogens with two attached hydrogens (primary N) is 1. The molecule has 7 rings (SSSR count). The number of nitrogens with zero attached hydrogens (tertiary/aromatic N) is 7. The van der Waals surface area contributed by atoms with Gasteiger partial charge >= 0.3 is 0 Å². The molecule has 5 aromatic rings. The van der Waals surface area contributed by atoms with E-state index in [0.29, 0.717) is 34.9 Å². The molecule has 0 spiro atoms. The Labute approximate surface area is 245 Å². The predicted molar refractivity (Wildman–Crippen MR) is 166 cm³/mol. The Bertz CT molecular complexity index is 1740. The highest BCUT2D eigenvalue weighted by Gasteiger charge is 2.30. The van der Waals surface area contributed by atoms with Crippen molar-refractivity contribution in [2.45, 2.75) is 44.7 Å². The van der Waals surface area contributed by atoms with Gasteiger partial charge in [0.15, 0.2) is 0 Å². The minimum atomic E-state index is -0.271. The van der Waals surface area contributed by atoms with Gasteiger partial charge in [0.05, 0.1) is 10.9 Å². The fourth-order valence-electron chi connectivity index (χ4n) is 6.90. The number of aromatic nitrogens is 5. The molecule has 218 valence electrons. The van der Waals surface area contributed by atoms with Crippen molar-refractivity contribution in [3.63, 3.8) is 0 Å². The second-order valence-corrected chi connectivity index (χ2v) is 12.0. The van der Waals surface area contributed by atoms with Gasteiger partial charge in [-0.2, -0.15) is 0 Å². The number of halogens is 1. The van der Waals surface area contributed by atoms with Gasteiger partial charge in [-0.05, 0) is 75.0 Å². The van der Waals surface area contributed by atoms with Gasteiger partial charge in [0.25, 0.3) is 0 Å². The maximum Gasteiger partial charge on any atom is 0.208 e. The molecular formula is C32H38FN9. The number of hydrogen-bond donors (Lipinski definition) is 2. The number of nitrogens with one attached hydrogen (secondary N) is 1. The van der Waals surface area contributed by atoms with Crippen molar-refractivity contribution < 1.29 is 4.39 Å². The van der Waals surface area contributed by atoms with E-state index in [2.05, 4.69) is 55.0 Å². The first-order valence-electron chi connectivity index (χ1n) is 14.9. The van der Waals surface area contributed by atoms with E-state index < -0.39 is 0 Å². The van der Waals surface area contributed by atoms with Gasteiger partial charge in [-0.25, -0.2) is 19.3 Å². The molecule has 0 unspecified atom stereocenters. The van der Waals surface area contributed by atoms with Crippen molar-refractivity contribution in [3.05, 3.63) is 60.3 Å². The molecule has 0 radical (unpaired) electrons. The molecule has 1 aliphatic carbocycles. The quantitative estimate of drug-likeness (QED) is 0.290. The van der Waals surface area contributed by atoms with E-state index in [1.165, 1.54) is 32.0 Å². The lowest BCUT2D eigenvalue weighted by atomic mass is 9.89. The molecule has 0 atom stereocenters. The highest BCUT2D eigenvalue weighted by molar-refractivity contribution is 6.00. The Morgan fingerprint density at radius 3 is 2.38 bits per heavy atom. The summed E-state index contributed by atoms with van der Waals surface area (Å²) in [5.41, 5.74) is 12.3. The third-order valence-corrected chi connectivity index (χ3v) is 9.27. The lowest BCUT2D eigenvalue weighted by Gasteiger charge is -2.41. The first-order valence-corrected chi connectivity index (χ1v) is 14.9. The second-order valence-electron chi connectivity index (χ2n) is 12.0. The van der Waals surface area contributed by atoms with Gasteiger partial charge in [0.1, 0.15) is 29.1 Å². The fourth-order valence-corrected chi connectivity index (χ4v) is 6.90. The van der Waals surface area contributed by atoms with Crippen LogP contribution in [0.1, 0.15) is 37.3 Å². The van der Waals surface area contributed by atoms with Crippen molar-refractivity contribution in [1.82, 2.24) is 33.9 Å². The molecule has 2 fully saturated rings. The summed E-state index contributed by atoms with van der Waals surface area (Å²) in [5.74, 6) is 0.815. The van der Waals surface area contributed by atoms with E-state index in [-0.39, 0.29) is 5.82 Å². The van der Waals surface area contributed by atoms with Gasteiger partial charge in [-0.15, -0.1) is 0 Å². The monoisotopic (exact) mass is 567 g/mol. The van der Waals surface area contributed by atoms with Crippen molar-refractivity contribution in [2.75, 3.05) is 44.3 Å². The highest BCUT2D eigenvalue weighted by atomic mass is 19.1. The molecule has 1 saturated heterocycles. The molecule has 4 heterocycles. The van der Waals surface area contributed by atoms with Crippen LogP contribution in [0, 0.1) is 12.7 Å². The number of rotatable bonds is 5. The lowest BCUT2D eigenvalue weighted by molar-refractivity contribution is 0.0828. The molecule has 2 aromatic carbocycles. The number of nitrogen functional groups attached to an aromatic ring is 1. The van der Waals surface area contributed by atoms with Crippen LogP contribution in [0.5, 0.6) is 0 Å². The molecule has 1 aliphatic heterocycles. The van der Waals surface area contributed by atoms with Gasteiger partial charge in [0, 0.05) is 62.8 Å². The Morgan fingerprint density at radius 1 is 0.929 bits per heavy atom. The van der Waals surface area contributed by atoms with Crippen LogP contribution >= 0.6 is 0 Å². The van der Waals surface area contributed by atoms with Gasteiger partial charge in [-0.1, -0.05) is 12.1 Å². The van der Waals surface area contributed by atoms with Gasteiger partial charge < -0.3 is 25.1 Å². The molecule has 0 amide bonds. The molecule has 0 bridgehead atoms. The van der Waals surface area contributed by atoms with Crippen LogP contribution in [-0.4, -0.2) is 73.2 Å². The summed E-state index contributed by atoms with van der Waals surface area (Å²) in [7, 11) is 4.03. The van der Waals surface area contributed by atoms with E-state index in [1.807, 2.05) is 32.2 Å². The van der Waals surface area contributed by atoms with Crippen LogP contribution in [-0.2, 0) is 7.05 Å². The lowest BCUT2D eigenvalue weighted by Crippen LogP contribution is -2.49. The minimum Gasteiger partial charge on any atom is -0.383 e. The zero-order valence-electron chi connectivity index (χ0n) is 24.5. The number of piperazine rings is 1. The Balaban J connectivity index is 1.13. The molecule has 10 heteroatoms. The van der Waals surface area contributed by atoms with E-state index in [4.69, 9.17) is 10.7 Å². The molecular weight excluding hydrogens is 529 g/mol. The molecule has 2 aliphatic rings. The average Bonchev–Trinajstić information content (AvgIpc) is 3.52. The predicted octanol–water partition coefficient (Wildman–Crippen LogP) is 5.49. The van der Waals surface area contributed by atoms with E-state index >= 15 is 0 Å². The smallest absolute Gasteiger partial charge is 0.208 e. The normalized spacial score (nSPS) is 20.5. The maximum atomic E-state index is 14.6. The zero-order chi connectivity index (χ0) is 29.0. The Morgan fingerprint density at radius 2 is 1.64 bits per heavy atom. The summed E-state index contributed by atoms with van der Waals surface area (Å²) in [6, 6.07) is 12.7. The van der Waals surface area contributed by atoms with Crippen molar-refractivity contribution in [2.24, 2.45) is 7.05 Å². The second kappa shape index (κ2) is 10.7. The average molecular weight is 568 g/mol. The number of fused-ring (bicyclic) bond motifs is 2. The number of likely N-dealkylation sites (N-methyl/N-ethyl adjacent to an activating group) is 1. The van der Waals surface area contributed by atoms with E-state index in [1.54, 1.807) is 10.9 Å². The standard InChI is InChI=1S/C32H38FN9/c1-20-16-26(33)29-27(17-20)38-32(40(29)3)37-22-6-4-21(5-7-22)25-18-42(31-28(25)30(34)35-19-36-31)24-10-8-23(9-11-24)41-14-12-39(2)13-15-41/h4-7,16-19,23-24H,8-15H2,1-3H3,(H,37,38)(H2,34,35,36)/t23-,24-. The summed E-state index contributed by atoms with van der Waals surface area (Å²) < 4.78 is 18.7. The maximum absolute atomic E-state index is 14.6. The molecule has 1 saturated carbocycles. The van der Waals surface area contributed by atoms with Crippen LogP contribution < -0.4 is 11.1 Å². The van der Waals surface area contributed by atoms with Crippen LogP contribution in [0.4, 0.5) is 21.8 Å². The summed E-state index contributed by atoms with van der Waals surface area (Å²) in [6.07, 6.45) is 8.46. The molecule has 3 aromatic heterocycles. The van der Waals surface area contributed by atoms with Crippen LogP contribution in [0.15, 0.2) is 48.9 Å². The Hall–Kier alpha value is -4.02. The van der Waals surface area contributed by atoms with Crippen molar-refractivity contribution >= 4 is 39.5 Å². The first kappa shape index (κ1) is 26.9. The van der Waals surface area contributed by atoms with E-state index in [0.717, 1.165) is 59.3 Å². The SMILES string of the molecule is Cc1cc(F)c2c(c1)nc(Nc1ccc(-c3cn([C@H]4CC[C@H](N5CCN(C)CC5)CC4)c4ncnc(N)c34)cc1)n2C. The third-order valence-electron chi connectivity index (χ3n) is 9.27. The van der Waals surface area contributed by atoms with Crippen molar-refractivity contribution in [3.8, 4) is 11.1 Å². The van der Waals surface area contributed by atoms with Crippen LogP contribution in [0.3, 0.4) is 0 Å².